The summed E-state index contributed by atoms with van der Waals surface area (Å²) in [6, 6.07) is 12.1. The Bertz CT molecular complexity index is 870. The number of carbonyl (C=O) groups is 1. The molecule has 0 aliphatic carbocycles. The minimum atomic E-state index is -0.368. The Balaban J connectivity index is 2.17. The summed E-state index contributed by atoms with van der Waals surface area (Å²) < 4.78 is 7.41. The molecule has 0 saturated carbocycles. The zero-order valence-corrected chi connectivity index (χ0v) is 16.7. The van der Waals surface area contributed by atoms with Crippen LogP contribution in [0, 0.1) is 32.1 Å². The van der Waals surface area contributed by atoms with Crippen LogP contribution < -0.4 is 5.32 Å². The third kappa shape index (κ3) is 5.08. The standard InChI is InChI=1S/C22H27N3O2/c1-15-6-8-19(9-7-15)13-24-22(26)21(12-23)11-20-10-16(2)25(18(20)4)17(3)14-27-5/h6-11,17H,13-14H2,1-5H3,(H,24,26)/b21-11+. The average molecular weight is 365 g/mol. The van der Waals surface area contributed by atoms with E-state index in [9.17, 15) is 10.1 Å². The van der Waals surface area contributed by atoms with Gasteiger partial charge in [0.1, 0.15) is 11.6 Å². The fourth-order valence-corrected chi connectivity index (χ4v) is 3.23. The van der Waals surface area contributed by atoms with E-state index < -0.39 is 0 Å². The maximum absolute atomic E-state index is 12.4. The van der Waals surface area contributed by atoms with Crippen molar-refractivity contribution in [2.24, 2.45) is 0 Å². The number of aryl methyl sites for hydroxylation is 2. The number of amides is 1. The highest BCUT2D eigenvalue weighted by molar-refractivity contribution is 6.01. The molecule has 1 N–H and O–H groups in total. The maximum Gasteiger partial charge on any atom is 0.262 e. The number of nitrogens with one attached hydrogen (secondary N) is 1. The summed E-state index contributed by atoms with van der Waals surface area (Å²) in [6.07, 6.45) is 1.66. The van der Waals surface area contributed by atoms with Crippen LogP contribution in [0.2, 0.25) is 0 Å². The summed E-state index contributed by atoms with van der Waals surface area (Å²) in [7, 11) is 1.68. The molecule has 2 rings (SSSR count). The van der Waals surface area contributed by atoms with Crippen molar-refractivity contribution in [1.29, 1.82) is 5.26 Å². The molecule has 2 aromatic rings. The summed E-state index contributed by atoms with van der Waals surface area (Å²) in [4.78, 5) is 12.4. The molecular formula is C22H27N3O2. The average Bonchev–Trinajstić information content (AvgIpc) is 2.92. The summed E-state index contributed by atoms with van der Waals surface area (Å²) in [5, 5.41) is 12.3. The zero-order valence-electron chi connectivity index (χ0n) is 16.7. The number of ether oxygens (including phenoxy) is 1. The van der Waals surface area contributed by atoms with Gasteiger partial charge in [0.15, 0.2) is 0 Å². The number of carbonyl (C=O) groups excluding carboxylic acids is 1. The zero-order chi connectivity index (χ0) is 20.0. The van der Waals surface area contributed by atoms with E-state index in [0.717, 1.165) is 22.5 Å². The van der Waals surface area contributed by atoms with Gasteiger partial charge in [-0.2, -0.15) is 5.26 Å². The number of nitrogens with zero attached hydrogens (tertiary/aromatic N) is 2. The van der Waals surface area contributed by atoms with Crippen molar-refractivity contribution in [3.63, 3.8) is 0 Å². The van der Waals surface area contributed by atoms with Crippen LogP contribution in [0.4, 0.5) is 0 Å². The molecule has 0 aliphatic rings. The van der Waals surface area contributed by atoms with Gasteiger partial charge in [-0.05, 0) is 51.0 Å². The first kappa shape index (κ1) is 20.5. The predicted octanol–water partition coefficient (Wildman–Crippen LogP) is 3.84. The Morgan fingerprint density at radius 1 is 1.30 bits per heavy atom. The minimum absolute atomic E-state index is 0.0988. The maximum atomic E-state index is 12.4. The quantitative estimate of drug-likeness (QED) is 0.599. The first-order valence-electron chi connectivity index (χ1n) is 9.00. The third-order valence-corrected chi connectivity index (χ3v) is 4.61. The highest BCUT2D eigenvalue weighted by atomic mass is 16.5. The van der Waals surface area contributed by atoms with Gasteiger partial charge >= 0.3 is 0 Å². The lowest BCUT2D eigenvalue weighted by Crippen LogP contribution is -2.24. The summed E-state index contributed by atoms with van der Waals surface area (Å²) in [6.45, 7) is 9.09. The van der Waals surface area contributed by atoms with Crippen LogP contribution in [0.5, 0.6) is 0 Å². The van der Waals surface area contributed by atoms with Crippen LogP contribution in [0.3, 0.4) is 0 Å². The Kier molecular flexibility index (Phi) is 6.98. The van der Waals surface area contributed by atoms with Gasteiger partial charge in [0.2, 0.25) is 0 Å². The number of aromatic nitrogens is 1. The van der Waals surface area contributed by atoms with Gasteiger partial charge in [0.25, 0.3) is 5.91 Å². The number of methoxy groups -OCH3 is 1. The molecule has 0 aliphatic heterocycles. The van der Waals surface area contributed by atoms with Crippen LogP contribution in [0.1, 0.15) is 41.0 Å². The van der Waals surface area contributed by atoms with Gasteiger partial charge in [-0.25, -0.2) is 0 Å². The molecule has 1 aromatic heterocycles. The highest BCUT2D eigenvalue weighted by Gasteiger charge is 2.15. The monoisotopic (exact) mass is 365 g/mol. The predicted molar refractivity (Wildman–Crippen MR) is 107 cm³/mol. The molecule has 0 radical (unpaired) electrons. The molecule has 0 bridgehead atoms. The molecule has 0 spiro atoms. The summed E-state index contributed by atoms with van der Waals surface area (Å²) >= 11 is 0. The molecule has 27 heavy (non-hydrogen) atoms. The van der Waals surface area contributed by atoms with Gasteiger partial charge in [-0.3, -0.25) is 4.79 Å². The lowest BCUT2D eigenvalue weighted by Gasteiger charge is -2.17. The molecule has 1 heterocycles. The van der Waals surface area contributed by atoms with Gasteiger partial charge in [-0.15, -0.1) is 0 Å². The normalized spacial score (nSPS) is 12.5. The minimum Gasteiger partial charge on any atom is -0.383 e. The highest BCUT2D eigenvalue weighted by Crippen LogP contribution is 2.22. The van der Waals surface area contributed by atoms with Crippen LogP contribution in [0.25, 0.3) is 6.08 Å². The second-order valence-electron chi connectivity index (χ2n) is 6.84. The Labute approximate surface area is 161 Å². The first-order valence-corrected chi connectivity index (χ1v) is 9.00. The number of nitriles is 1. The van der Waals surface area contributed by atoms with Crippen molar-refractivity contribution in [3.05, 3.63) is 64.0 Å². The first-order chi connectivity index (χ1) is 12.9. The van der Waals surface area contributed by atoms with Crippen molar-refractivity contribution in [3.8, 4) is 6.07 Å². The van der Waals surface area contributed by atoms with E-state index >= 15 is 0 Å². The van der Waals surface area contributed by atoms with Gasteiger partial charge in [0.05, 0.1) is 12.6 Å². The lowest BCUT2D eigenvalue weighted by atomic mass is 10.1. The molecule has 1 atom stereocenters. The van der Waals surface area contributed by atoms with E-state index in [0.29, 0.717) is 13.2 Å². The van der Waals surface area contributed by atoms with Crippen molar-refractivity contribution in [1.82, 2.24) is 9.88 Å². The van der Waals surface area contributed by atoms with E-state index in [1.54, 1.807) is 13.2 Å². The SMILES string of the molecule is COCC(C)n1c(C)cc(/C=C(\C#N)C(=O)NCc2ccc(C)cc2)c1C. The van der Waals surface area contributed by atoms with Crippen molar-refractivity contribution in [2.75, 3.05) is 13.7 Å². The number of hydrogen-bond acceptors (Lipinski definition) is 3. The molecule has 142 valence electrons. The number of benzene rings is 1. The topological polar surface area (TPSA) is 67.0 Å². The van der Waals surface area contributed by atoms with E-state index in [4.69, 9.17) is 4.74 Å². The van der Waals surface area contributed by atoms with Crippen LogP contribution in [-0.4, -0.2) is 24.2 Å². The molecule has 5 heteroatoms. The largest absolute Gasteiger partial charge is 0.383 e. The second-order valence-corrected chi connectivity index (χ2v) is 6.84. The second kappa shape index (κ2) is 9.20. The Morgan fingerprint density at radius 2 is 1.96 bits per heavy atom. The summed E-state index contributed by atoms with van der Waals surface area (Å²) in [5.74, 6) is -0.368. The van der Waals surface area contributed by atoms with Gasteiger partial charge in [-0.1, -0.05) is 29.8 Å². The van der Waals surface area contributed by atoms with Crippen molar-refractivity contribution < 1.29 is 9.53 Å². The molecule has 0 fully saturated rings. The van der Waals surface area contributed by atoms with Crippen LogP contribution >= 0.6 is 0 Å². The number of rotatable bonds is 7. The Hall–Kier alpha value is -2.84. The smallest absolute Gasteiger partial charge is 0.262 e. The van der Waals surface area contributed by atoms with E-state index in [1.807, 2.05) is 57.2 Å². The van der Waals surface area contributed by atoms with E-state index in [1.165, 1.54) is 5.56 Å². The Morgan fingerprint density at radius 3 is 2.56 bits per heavy atom. The van der Waals surface area contributed by atoms with Gasteiger partial charge in [0, 0.05) is 25.0 Å². The van der Waals surface area contributed by atoms with Crippen LogP contribution in [0.15, 0.2) is 35.9 Å². The fourth-order valence-electron chi connectivity index (χ4n) is 3.23. The fraction of sp³-hybridized carbons (Fsp3) is 0.364. The molecular weight excluding hydrogens is 338 g/mol. The molecule has 5 nitrogen and oxygen atoms in total. The third-order valence-electron chi connectivity index (χ3n) is 4.61. The van der Waals surface area contributed by atoms with Crippen LogP contribution in [-0.2, 0) is 16.1 Å². The lowest BCUT2D eigenvalue weighted by molar-refractivity contribution is -0.117. The molecule has 1 amide bonds. The molecule has 0 saturated heterocycles. The number of hydrogen-bond donors (Lipinski definition) is 1. The van der Waals surface area contributed by atoms with E-state index in [-0.39, 0.29) is 17.5 Å². The van der Waals surface area contributed by atoms with Crippen molar-refractivity contribution in [2.45, 2.75) is 40.3 Å². The van der Waals surface area contributed by atoms with Gasteiger partial charge < -0.3 is 14.6 Å². The summed E-state index contributed by atoms with van der Waals surface area (Å²) in [5.41, 5.74) is 5.22. The van der Waals surface area contributed by atoms with E-state index in [2.05, 4.69) is 16.8 Å². The molecule has 1 aromatic carbocycles. The van der Waals surface area contributed by atoms with Crippen molar-refractivity contribution >= 4 is 12.0 Å². The molecule has 1 unspecified atom stereocenters.